The number of carbonyl (C=O) groups is 1. The summed E-state index contributed by atoms with van der Waals surface area (Å²) in [5.74, 6) is 1.14. The molecular formula is C24H28N2O3. The second kappa shape index (κ2) is 8.95. The summed E-state index contributed by atoms with van der Waals surface area (Å²) in [5, 5.41) is 6.96. The number of nitrogens with zero attached hydrogens (tertiary/aromatic N) is 1. The van der Waals surface area contributed by atoms with Gasteiger partial charge in [0.1, 0.15) is 18.1 Å². The molecular weight excluding hydrogens is 364 g/mol. The Bertz CT molecular complexity index is 978. The van der Waals surface area contributed by atoms with E-state index in [9.17, 15) is 4.79 Å². The Labute approximate surface area is 172 Å². The van der Waals surface area contributed by atoms with Crippen LogP contribution in [0.1, 0.15) is 49.6 Å². The van der Waals surface area contributed by atoms with E-state index in [0.717, 1.165) is 23.4 Å². The van der Waals surface area contributed by atoms with Gasteiger partial charge in [0.2, 0.25) is 0 Å². The number of hydrogen-bond donors (Lipinski definition) is 1. The Hall–Kier alpha value is -3.08. The van der Waals surface area contributed by atoms with Gasteiger partial charge < -0.3 is 14.6 Å². The minimum atomic E-state index is -0.137. The molecule has 0 fully saturated rings. The van der Waals surface area contributed by atoms with E-state index in [1.54, 1.807) is 12.1 Å². The van der Waals surface area contributed by atoms with Crippen molar-refractivity contribution in [3.63, 3.8) is 0 Å². The molecule has 0 radical (unpaired) electrons. The van der Waals surface area contributed by atoms with E-state index in [0.29, 0.717) is 24.5 Å². The molecule has 0 aliphatic rings. The Kier molecular flexibility index (Phi) is 6.37. The Morgan fingerprint density at radius 1 is 1.03 bits per heavy atom. The summed E-state index contributed by atoms with van der Waals surface area (Å²) in [6.07, 6.45) is 0.797. The predicted octanol–water partition coefficient (Wildman–Crippen LogP) is 4.77. The Morgan fingerprint density at radius 2 is 1.72 bits per heavy atom. The lowest BCUT2D eigenvalue weighted by molar-refractivity contribution is 0.0949. The highest BCUT2D eigenvalue weighted by molar-refractivity contribution is 5.96. The van der Waals surface area contributed by atoms with Crippen molar-refractivity contribution in [1.29, 1.82) is 0 Å². The fourth-order valence-corrected chi connectivity index (χ4v) is 3.64. The molecule has 1 amide bonds. The number of ether oxygens (including phenoxy) is 1. The molecule has 3 aromatic rings. The molecule has 5 nitrogen and oxygen atoms in total. The minimum Gasteiger partial charge on any atom is -0.488 e. The van der Waals surface area contributed by atoms with Crippen LogP contribution in [0.3, 0.4) is 0 Å². The largest absolute Gasteiger partial charge is 0.488 e. The Balaban J connectivity index is 1.64. The molecule has 3 rings (SSSR count). The maximum atomic E-state index is 12.8. The number of rotatable bonds is 7. The second-order valence-corrected chi connectivity index (χ2v) is 7.47. The average molecular weight is 392 g/mol. The lowest BCUT2D eigenvalue weighted by atomic mass is 9.97. The number of aryl methyl sites for hydroxylation is 5. The maximum absolute atomic E-state index is 12.8. The second-order valence-electron chi connectivity index (χ2n) is 7.47. The zero-order valence-electron chi connectivity index (χ0n) is 17.8. The van der Waals surface area contributed by atoms with Crippen LogP contribution in [0.5, 0.6) is 5.75 Å². The first-order valence-electron chi connectivity index (χ1n) is 9.85. The van der Waals surface area contributed by atoms with Gasteiger partial charge in [-0.3, -0.25) is 4.79 Å². The molecule has 152 valence electrons. The van der Waals surface area contributed by atoms with Gasteiger partial charge in [0.05, 0.1) is 16.8 Å². The first-order chi connectivity index (χ1) is 13.9. The van der Waals surface area contributed by atoms with E-state index in [1.807, 2.05) is 26.0 Å². The molecule has 29 heavy (non-hydrogen) atoms. The quantitative estimate of drug-likeness (QED) is 0.629. The molecule has 0 bridgehead atoms. The maximum Gasteiger partial charge on any atom is 0.255 e. The molecule has 2 aromatic carbocycles. The Morgan fingerprint density at radius 3 is 2.38 bits per heavy atom. The highest BCUT2D eigenvalue weighted by atomic mass is 16.5. The van der Waals surface area contributed by atoms with Crippen molar-refractivity contribution in [2.75, 3.05) is 6.54 Å². The molecule has 0 atom stereocenters. The van der Waals surface area contributed by atoms with E-state index in [1.165, 1.54) is 22.3 Å². The first kappa shape index (κ1) is 20.6. The summed E-state index contributed by atoms with van der Waals surface area (Å²) in [7, 11) is 0. The third-order valence-electron chi connectivity index (χ3n) is 5.19. The van der Waals surface area contributed by atoms with Gasteiger partial charge >= 0.3 is 0 Å². The van der Waals surface area contributed by atoms with Crippen LogP contribution >= 0.6 is 0 Å². The number of carbonyl (C=O) groups excluding carboxylic acids is 1. The smallest absolute Gasteiger partial charge is 0.255 e. The van der Waals surface area contributed by atoms with Gasteiger partial charge in [-0.05, 0) is 69.9 Å². The summed E-state index contributed by atoms with van der Waals surface area (Å²) < 4.78 is 11.1. The number of amides is 1. The number of hydrogen-bond acceptors (Lipinski definition) is 4. The number of benzene rings is 2. The zero-order valence-corrected chi connectivity index (χ0v) is 17.8. The minimum absolute atomic E-state index is 0.137. The topological polar surface area (TPSA) is 64.4 Å². The average Bonchev–Trinajstić information content (AvgIpc) is 3.00. The van der Waals surface area contributed by atoms with Gasteiger partial charge in [-0.15, -0.1) is 0 Å². The van der Waals surface area contributed by atoms with Crippen molar-refractivity contribution < 1.29 is 14.1 Å². The van der Waals surface area contributed by atoms with Crippen LogP contribution in [-0.4, -0.2) is 17.6 Å². The van der Waals surface area contributed by atoms with Crippen molar-refractivity contribution in [2.45, 2.75) is 47.6 Å². The number of aromatic nitrogens is 1. The van der Waals surface area contributed by atoms with Crippen LogP contribution in [0.15, 0.2) is 40.9 Å². The van der Waals surface area contributed by atoms with Gasteiger partial charge in [-0.1, -0.05) is 35.0 Å². The first-order valence-corrected chi connectivity index (χ1v) is 9.85. The summed E-state index contributed by atoms with van der Waals surface area (Å²) in [4.78, 5) is 12.8. The molecule has 0 unspecified atom stereocenters. The van der Waals surface area contributed by atoms with Crippen molar-refractivity contribution >= 4 is 5.91 Å². The molecule has 1 heterocycles. The van der Waals surface area contributed by atoms with Crippen molar-refractivity contribution in [1.82, 2.24) is 10.5 Å². The van der Waals surface area contributed by atoms with Gasteiger partial charge in [-0.25, -0.2) is 0 Å². The molecule has 1 aromatic heterocycles. The van der Waals surface area contributed by atoms with Crippen LogP contribution in [0.25, 0.3) is 0 Å². The lowest BCUT2D eigenvalue weighted by Crippen LogP contribution is -2.26. The van der Waals surface area contributed by atoms with Crippen molar-refractivity contribution in [3.05, 3.63) is 81.2 Å². The fourth-order valence-electron chi connectivity index (χ4n) is 3.64. The predicted molar refractivity (Wildman–Crippen MR) is 113 cm³/mol. The molecule has 0 spiro atoms. The van der Waals surface area contributed by atoms with E-state index in [2.05, 4.69) is 43.4 Å². The summed E-state index contributed by atoms with van der Waals surface area (Å²) >= 11 is 0. The summed E-state index contributed by atoms with van der Waals surface area (Å²) in [6, 6.07) is 11.6. The van der Waals surface area contributed by atoms with E-state index >= 15 is 0 Å². The standard InChI is InChI=1S/C24H28N2O3/c1-15-12-16(2)20(17(3)13-15)10-11-25-24(27)21-8-6-7-9-23(21)28-14-22-18(4)26-29-19(22)5/h6-9,12-13H,10-11,14H2,1-5H3,(H,25,27). The molecule has 5 heteroatoms. The van der Waals surface area contributed by atoms with E-state index < -0.39 is 0 Å². The highest BCUT2D eigenvalue weighted by Crippen LogP contribution is 2.22. The van der Waals surface area contributed by atoms with Crippen molar-refractivity contribution in [3.8, 4) is 5.75 Å². The monoisotopic (exact) mass is 392 g/mol. The van der Waals surface area contributed by atoms with Crippen LogP contribution in [0.2, 0.25) is 0 Å². The molecule has 0 aliphatic heterocycles. The van der Waals surface area contributed by atoms with Gasteiger partial charge in [-0.2, -0.15) is 0 Å². The highest BCUT2D eigenvalue weighted by Gasteiger charge is 2.15. The van der Waals surface area contributed by atoms with E-state index in [4.69, 9.17) is 9.26 Å². The van der Waals surface area contributed by atoms with E-state index in [-0.39, 0.29) is 5.91 Å². The molecule has 0 aliphatic carbocycles. The fraction of sp³-hybridized carbons (Fsp3) is 0.333. The lowest BCUT2D eigenvalue weighted by Gasteiger charge is -2.14. The third-order valence-corrected chi connectivity index (χ3v) is 5.19. The normalized spacial score (nSPS) is 10.8. The number of nitrogens with one attached hydrogen (secondary N) is 1. The van der Waals surface area contributed by atoms with Crippen LogP contribution in [0, 0.1) is 34.6 Å². The van der Waals surface area contributed by atoms with Gasteiger partial charge in [0.25, 0.3) is 5.91 Å². The van der Waals surface area contributed by atoms with Crippen LogP contribution in [0.4, 0.5) is 0 Å². The summed E-state index contributed by atoms with van der Waals surface area (Å²) in [6.45, 7) is 11.0. The molecule has 0 saturated heterocycles. The molecule has 0 saturated carbocycles. The third kappa shape index (κ3) is 4.86. The van der Waals surface area contributed by atoms with Gasteiger partial charge in [0.15, 0.2) is 0 Å². The number of para-hydroxylation sites is 1. The van der Waals surface area contributed by atoms with Gasteiger partial charge in [0, 0.05) is 6.54 Å². The zero-order chi connectivity index (χ0) is 21.0. The van der Waals surface area contributed by atoms with Crippen molar-refractivity contribution in [2.24, 2.45) is 0 Å². The van der Waals surface area contributed by atoms with Crippen LogP contribution in [-0.2, 0) is 13.0 Å². The summed E-state index contributed by atoms with van der Waals surface area (Å²) in [5.41, 5.74) is 7.31. The SMILES string of the molecule is Cc1cc(C)c(CCNC(=O)c2ccccc2OCc2c(C)noc2C)c(C)c1. The van der Waals surface area contributed by atoms with Crippen LogP contribution < -0.4 is 10.1 Å². The molecule has 1 N–H and O–H groups in total.